The number of alkyl halides is 2. The molecule has 2 rings (SSSR count). The predicted molar refractivity (Wildman–Crippen MR) is 77.4 cm³/mol. The second kappa shape index (κ2) is 8.39. The van der Waals surface area contributed by atoms with E-state index in [0.717, 1.165) is 37.8 Å². The zero-order chi connectivity index (χ0) is 15.9. The number of hydrogen-bond acceptors (Lipinski definition) is 3. The van der Waals surface area contributed by atoms with Crippen LogP contribution in [0.3, 0.4) is 0 Å². The van der Waals surface area contributed by atoms with Crippen molar-refractivity contribution in [2.24, 2.45) is 0 Å². The van der Waals surface area contributed by atoms with Crippen molar-refractivity contribution in [1.29, 1.82) is 0 Å². The normalized spacial score (nSPS) is 20.1. The minimum Gasteiger partial charge on any atom is -0.432 e. The van der Waals surface area contributed by atoms with Crippen molar-refractivity contribution in [3.05, 3.63) is 29.6 Å². The molecule has 0 aliphatic carbocycles. The number of nitrogens with zero attached hydrogens (tertiary/aromatic N) is 1. The molecular formula is C16H22F3NO2. The highest BCUT2D eigenvalue weighted by atomic mass is 19.3. The number of rotatable bonds is 6. The number of ether oxygens (including phenoxy) is 1. The van der Waals surface area contributed by atoms with E-state index in [0.29, 0.717) is 13.0 Å². The minimum absolute atomic E-state index is 0.136. The van der Waals surface area contributed by atoms with Crippen molar-refractivity contribution in [2.45, 2.75) is 51.3 Å². The zero-order valence-corrected chi connectivity index (χ0v) is 12.5. The van der Waals surface area contributed by atoms with Crippen LogP contribution in [0.2, 0.25) is 0 Å². The molecule has 1 aliphatic heterocycles. The lowest BCUT2D eigenvalue weighted by molar-refractivity contribution is -0.0522. The standard InChI is InChI=1S/C16H22F3NO2/c17-14-10-12(5-6-15(14)22-16(18)19)11-20-8-3-1-2-4-13(20)7-9-21/h5-6,10,13,16,21H,1-4,7-9,11H2. The molecule has 6 heteroatoms. The molecule has 0 amide bonds. The molecule has 124 valence electrons. The van der Waals surface area contributed by atoms with Crippen molar-refractivity contribution >= 4 is 0 Å². The lowest BCUT2D eigenvalue weighted by Crippen LogP contribution is -2.35. The van der Waals surface area contributed by atoms with Gasteiger partial charge in [0.2, 0.25) is 0 Å². The molecule has 1 saturated heterocycles. The molecule has 1 N–H and O–H groups in total. The van der Waals surface area contributed by atoms with Crippen molar-refractivity contribution in [2.75, 3.05) is 13.2 Å². The predicted octanol–water partition coefficient (Wildman–Crippen LogP) is 3.55. The van der Waals surface area contributed by atoms with Gasteiger partial charge in [-0.25, -0.2) is 4.39 Å². The Morgan fingerprint density at radius 1 is 1.27 bits per heavy atom. The topological polar surface area (TPSA) is 32.7 Å². The van der Waals surface area contributed by atoms with E-state index >= 15 is 0 Å². The molecule has 0 saturated carbocycles. The fourth-order valence-electron chi connectivity index (χ4n) is 2.99. The van der Waals surface area contributed by atoms with E-state index < -0.39 is 18.2 Å². The third kappa shape index (κ3) is 4.88. The first-order valence-electron chi connectivity index (χ1n) is 7.68. The Kier molecular flexibility index (Phi) is 6.51. The van der Waals surface area contributed by atoms with E-state index in [1.54, 1.807) is 6.07 Å². The van der Waals surface area contributed by atoms with Crippen LogP contribution >= 0.6 is 0 Å². The Balaban J connectivity index is 2.05. The lowest BCUT2D eigenvalue weighted by Gasteiger charge is -2.29. The van der Waals surface area contributed by atoms with E-state index in [1.807, 2.05) is 0 Å². The summed E-state index contributed by atoms with van der Waals surface area (Å²) in [6.07, 6.45) is 5.10. The molecule has 1 unspecified atom stereocenters. The second-order valence-electron chi connectivity index (χ2n) is 5.63. The second-order valence-corrected chi connectivity index (χ2v) is 5.63. The molecule has 3 nitrogen and oxygen atoms in total. The third-order valence-electron chi connectivity index (χ3n) is 4.06. The molecule has 1 atom stereocenters. The third-order valence-corrected chi connectivity index (χ3v) is 4.06. The van der Waals surface area contributed by atoms with Crippen molar-refractivity contribution in [3.8, 4) is 5.75 Å². The molecule has 0 radical (unpaired) electrons. The number of benzene rings is 1. The van der Waals surface area contributed by atoms with Crippen LogP contribution in [-0.4, -0.2) is 35.8 Å². The van der Waals surface area contributed by atoms with Gasteiger partial charge in [0.1, 0.15) is 0 Å². The zero-order valence-electron chi connectivity index (χ0n) is 12.5. The summed E-state index contributed by atoms with van der Waals surface area (Å²) >= 11 is 0. The molecule has 1 aromatic rings. The first-order chi connectivity index (χ1) is 10.6. The fraction of sp³-hybridized carbons (Fsp3) is 0.625. The average molecular weight is 317 g/mol. The highest BCUT2D eigenvalue weighted by Gasteiger charge is 2.21. The van der Waals surface area contributed by atoms with Gasteiger partial charge in [0.15, 0.2) is 11.6 Å². The first-order valence-corrected chi connectivity index (χ1v) is 7.68. The molecule has 1 fully saturated rings. The van der Waals surface area contributed by atoms with Gasteiger partial charge in [-0.05, 0) is 43.5 Å². The number of hydrogen-bond donors (Lipinski definition) is 1. The maximum absolute atomic E-state index is 13.8. The van der Waals surface area contributed by atoms with Gasteiger partial charge in [0, 0.05) is 19.2 Å². The first kappa shape index (κ1) is 17.1. The fourth-order valence-corrected chi connectivity index (χ4v) is 2.99. The highest BCUT2D eigenvalue weighted by molar-refractivity contribution is 5.29. The van der Waals surface area contributed by atoms with Gasteiger partial charge in [-0.2, -0.15) is 8.78 Å². The van der Waals surface area contributed by atoms with Crippen LogP contribution in [0.4, 0.5) is 13.2 Å². The van der Waals surface area contributed by atoms with Crippen LogP contribution in [0.25, 0.3) is 0 Å². The Morgan fingerprint density at radius 3 is 2.77 bits per heavy atom. The maximum atomic E-state index is 13.8. The summed E-state index contributed by atoms with van der Waals surface area (Å²) in [5, 5.41) is 9.18. The summed E-state index contributed by atoms with van der Waals surface area (Å²) in [7, 11) is 0. The van der Waals surface area contributed by atoms with Crippen LogP contribution in [0.15, 0.2) is 18.2 Å². The molecule has 1 aromatic carbocycles. The van der Waals surface area contributed by atoms with E-state index in [2.05, 4.69) is 9.64 Å². The van der Waals surface area contributed by atoms with Crippen molar-refractivity contribution < 1.29 is 23.0 Å². The van der Waals surface area contributed by atoms with Crippen molar-refractivity contribution in [1.82, 2.24) is 4.90 Å². The smallest absolute Gasteiger partial charge is 0.387 e. The number of halogens is 3. The van der Waals surface area contributed by atoms with E-state index in [4.69, 9.17) is 0 Å². The summed E-state index contributed by atoms with van der Waals surface area (Å²) in [5.74, 6) is -1.20. The van der Waals surface area contributed by atoms with Gasteiger partial charge in [0.05, 0.1) is 0 Å². The molecule has 1 heterocycles. The molecular weight excluding hydrogens is 295 g/mol. The van der Waals surface area contributed by atoms with Crippen LogP contribution < -0.4 is 4.74 Å². The Labute approximate surface area is 128 Å². The molecule has 22 heavy (non-hydrogen) atoms. The van der Waals surface area contributed by atoms with Gasteiger partial charge < -0.3 is 9.84 Å². The minimum atomic E-state index is -3.03. The Hall–Kier alpha value is -1.27. The van der Waals surface area contributed by atoms with Crippen LogP contribution in [-0.2, 0) is 6.54 Å². The summed E-state index contributed by atoms with van der Waals surface area (Å²) < 4.78 is 42.2. The molecule has 0 bridgehead atoms. The van der Waals surface area contributed by atoms with Crippen LogP contribution in [0.5, 0.6) is 5.75 Å². The van der Waals surface area contributed by atoms with Crippen LogP contribution in [0, 0.1) is 5.82 Å². The van der Waals surface area contributed by atoms with Crippen LogP contribution in [0.1, 0.15) is 37.7 Å². The van der Waals surface area contributed by atoms with Gasteiger partial charge in [-0.1, -0.05) is 18.9 Å². The van der Waals surface area contributed by atoms with E-state index in [1.165, 1.54) is 12.1 Å². The summed E-state index contributed by atoms with van der Waals surface area (Å²) in [6.45, 7) is -1.44. The Morgan fingerprint density at radius 2 is 2.09 bits per heavy atom. The van der Waals surface area contributed by atoms with E-state index in [9.17, 15) is 18.3 Å². The highest BCUT2D eigenvalue weighted by Crippen LogP contribution is 2.24. The monoisotopic (exact) mass is 317 g/mol. The largest absolute Gasteiger partial charge is 0.432 e. The lowest BCUT2D eigenvalue weighted by atomic mass is 10.1. The molecule has 0 aromatic heterocycles. The number of likely N-dealkylation sites (tertiary alicyclic amines) is 1. The van der Waals surface area contributed by atoms with Gasteiger partial charge in [-0.3, -0.25) is 4.90 Å². The maximum Gasteiger partial charge on any atom is 0.387 e. The van der Waals surface area contributed by atoms with Gasteiger partial charge >= 0.3 is 6.61 Å². The van der Waals surface area contributed by atoms with Gasteiger partial charge in [0.25, 0.3) is 0 Å². The van der Waals surface area contributed by atoms with E-state index in [-0.39, 0.29) is 12.6 Å². The van der Waals surface area contributed by atoms with Crippen molar-refractivity contribution in [3.63, 3.8) is 0 Å². The summed E-state index contributed by atoms with van der Waals surface area (Å²) in [6, 6.07) is 4.39. The summed E-state index contributed by atoms with van der Waals surface area (Å²) in [4.78, 5) is 2.24. The quantitative estimate of drug-likeness (QED) is 0.871. The summed E-state index contributed by atoms with van der Waals surface area (Å²) in [5.41, 5.74) is 0.726. The molecule has 0 spiro atoms. The SMILES string of the molecule is OCCC1CCCCCN1Cc1ccc(OC(F)F)c(F)c1. The Bertz CT molecular complexity index is 471. The van der Waals surface area contributed by atoms with Gasteiger partial charge in [-0.15, -0.1) is 0 Å². The number of aliphatic hydroxyl groups is 1. The number of aliphatic hydroxyl groups excluding tert-OH is 1. The molecule has 1 aliphatic rings. The average Bonchev–Trinajstić information content (AvgIpc) is 2.68.